The molecule has 1 atom stereocenters. The van der Waals surface area contributed by atoms with Gasteiger partial charge in [0.2, 0.25) is 5.88 Å². The molecule has 24 heavy (non-hydrogen) atoms. The number of fused-ring (bicyclic) bond motifs is 1. The van der Waals surface area contributed by atoms with E-state index in [2.05, 4.69) is 6.07 Å². The van der Waals surface area contributed by atoms with Crippen LogP contribution in [0.5, 0.6) is 5.75 Å². The van der Waals surface area contributed by atoms with Crippen molar-refractivity contribution in [1.29, 1.82) is 5.26 Å². The molecule has 0 saturated heterocycles. The number of thiophene rings is 1. The van der Waals surface area contributed by atoms with Crippen LogP contribution in [0, 0.1) is 18.3 Å². The van der Waals surface area contributed by atoms with Gasteiger partial charge in [0.15, 0.2) is 0 Å². The Morgan fingerprint density at radius 1 is 1.54 bits per heavy atom. The quantitative estimate of drug-likeness (QED) is 0.918. The van der Waals surface area contributed by atoms with Crippen molar-refractivity contribution in [2.75, 3.05) is 13.7 Å². The van der Waals surface area contributed by atoms with Gasteiger partial charge in [0.05, 0.1) is 18.1 Å². The number of aryl methyl sites for hydroxylation is 1. The van der Waals surface area contributed by atoms with Gasteiger partial charge >= 0.3 is 0 Å². The first kappa shape index (κ1) is 16.3. The largest absolute Gasteiger partial charge is 0.440 e. The highest BCUT2D eigenvalue weighted by atomic mass is 32.1. The molecular formula is C17H17N3O3S. The highest BCUT2D eigenvalue weighted by Gasteiger charge is 2.34. The lowest BCUT2D eigenvalue weighted by molar-refractivity contribution is 0.185. The van der Waals surface area contributed by atoms with Crippen molar-refractivity contribution in [1.82, 2.24) is 4.57 Å². The SMILES string of the molecule is COCCn1c(C)cc2c(c1=O)C(c1cccs1)C(C#N)=C(N)O2. The topological polar surface area (TPSA) is 90.3 Å². The van der Waals surface area contributed by atoms with Crippen molar-refractivity contribution in [3.8, 4) is 11.8 Å². The molecule has 3 rings (SSSR count). The molecule has 0 spiro atoms. The molecule has 3 heterocycles. The average molecular weight is 343 g/mol. The maximum atomic E-state index is 13.1. The van der Waals surface area contributed by atoms with Gasteiger partial charge in [-0.25, -0.2) is 0 Å². The summed E-state index contributed by atoms with van der Waals surface area (Å²) in [5.41, 5.74) is 7.23. The number of aromatic nitrogens is 1. The second-order valence-electron chi connectivity index (χ2n) is 5.45. The number of hydrogen-bond acceptors (Lipinski definition) is 6. The lowest BCUT2D eigenvalue weighted by atomic mass is 9.88. The number of nitriles is 1. The molecule has 0 bridgehead atoms. The predicted octanol–water partition coefficient (Wildman–Crippen LogP) is 2.08. The third-order valence-corrected chi connectivity index (χ3v) is 4.97. The van der Waals surface area contributed by atoms with Gasteiger partial charge in [-0.3, -0.25) is 4.79 Å². The predicted molar refractivity (Wildman–Crippen MR) is 90.9 cm³/mol. The zero-order valence-electron chi connectivity index (χ0n) is 13.4. The van der Waals surface area contributed by atoms with Gasteiger partial charge in [-0.1, -0.05) is 6.07 Å². The Kier molecular flexibility index (Phi) is 4.42. The minimum atomic E-state index is -0.499. The van der Waals surface area contributed by atoms with Crippen molar-refractivity contribution in [2.24, 2.45) is 5.73 Å². The minimum Gasteiger partial charge on any atom is -0.440 e. The molecule has 0 fully saturated rings. The Morgan fingerprint density at radius 3 is 2.96 bits per heavy atom. The molecule has 124 valence electrons. The van der Waals surface area contributed by atoms with Gasteiger partial charge in [-0.05, 0) is 18.4 Å². The number of hydrogen-bond donors (Lipinski definition) is 1. The number of pyridine rings is 1. The highest BCUT2D eigenvalue weighted by molar-refractivity contribution is 7.10. The number of rotatable bonds is 4. The van der Waals surface area contributed by atoms with Crippen molar-refractivity contribution >= 4 is 11.3 Å². The average Bonchev–Trinajstić information content (AvgIpc) is 3.07. The van der Waals surface area contributed by atoms with E-state index in [0.29, 0.717) is 24.5 Å². The van der Waals surface area contributed by atoms with Crippen LogP contribution in [0.15, 0.2) is 39.8 Å². The number of allylic oxidation sites excluding steroid dienone is 1. The molecule has 0 amide bonds. The van der Waals surface area contributed by atoms with E-state index in [9.17, 15) is 10.1 Å². The highest BCUT2D eigenvalue weighted by Crippen LogP contribution is 2.41. The summed E-state index contributed by atoms with van der Waals surface area (Å²) in [6.45, 7) is 2.69. The number of ether oxygens (including phenoxy) is 2. The summed E-state index contributed by atoms with van der Waals surface area (Å²) in [6, 6.07) is 7.67. The van der Waals surface area contributed by atoms with Crippen LogP contribution in [0.1, 0.15) is 22.1 Å². The molecular weight excluding hydrogens is 326 g/mol. The molecule has 0 saturated carbocycles. The summed E-state index contributed by atoms with van der Waals surface area (Å²) >= 11 is 1.48. The van der Waals surface area contributed by atoms with Gasteiger partial charge < -0.3 is 19.8 Å². The van der Waals surface area contributed by atoms with E-state index >= 15 is 0 Å². The molecule has 2 aromatic heterocycles. The summed E-state index contributed by atoms with van der Waals surface area (Å²) in [7, 11) is 1.59. The first-order chi connectivity index (χ1) is 11.6. The van der Waals surface area contributed by atoms with E-state index in [-0.39, 0.29) is 17.0 Å². The lowest BCUT2D eigenvalue weighted by Gasteiger charge is -2.26. The number of methoxy groups -OCH3 is 1. The molecule has 1 unspecified atom stereocenters. The van der Waals surface area contributed by atoms with E-state index in [0.717, 1.165) is 10.6 Å². The smallest absolute Gasteiger partial charge is 0.258 e. The Bertz CT molecular complexity index is 891. The molecule has 0 radical (unpaired) electrons. The van der Waals surface area contributed by atoms with E-state index in [4.69, 9.17) is 15.2 Å². The zero-order valence-corrected chi connectivity index (χ0v) is 14.2. The fraction of sp³-hybridized carbons (Fsp3) is 0.294. The van der Waals surface area contributed by atoms with Crippen molar-refractivity contribution < 1.29 is 9.47 Å². The molecule has 2 aromatic rings. The van der Waals surface area contributed by atoms with Crippen LogP contribution in [0.25, 0.3) is 0 Å². The van der Waals surface area contributed by atoms with Crippen molar-refractivity contribution in [2.45, 2.75) is 19.4 Å². The Hall–Kier alpha value is -2.56. The third kappa shape index (κ3) is 2.60. The van der Waals surface area contributed by atoms with Crippen LogP contribution in [0.4, 0.5) is 0 Å². The monoisotopic (exact) mass is 343 g/mol. The maximum absolute atomic E-state index is 13.1. The van der Waals surface area contributed by atoms with Crippen LogP contribution in [0.3, 0.4) is 0 Å². The molecule has 7 heteroatoms. The maximum Gasteiger partial charge on any atom is 0.258 e. The fourth-order valence-electron chi connectivity index (χ4n) is 2.89. The Morgan fingerprint density at radius 2 is 2.33 bits per heavy atom. The molecule has 0 aliphatic carbocycles. The number of nitrogens with zero attached hydrogens (tertiary/aromatic N) is 2. The van der Waals surface area contributed by atoms with Crippen molar-refractivity contribution in [3.05, 3.63) is 61.5 Å². The van der Waals surface area contributed by atoms with Crippen LogP contribution in [0.2, 0.25) is 0 Å². The molecule has 1 aliphatic rings. The zero-order chi connectivity index (χ0) is 17.3. The van der Waals surface area contributed by atoms with Gasteiger partial charge in [0, 0.05) is 30.3 Å². The summed E-state index contributed by atoms with van der Waals surface area (Å²) in [5, 5.41) is 11.4. The Labute approximate surface area is 143 Å². The van der Waals surface area contributed by atoms with E-state index in [1.54, 1.807) is 17.7 Å². The lowest BCUT2D eigenvalue weighted by Crippen LogP contribution is -2.33. The van der Waals surface area contributed by atoms with E-state index in [1.165, 1.54) is 11.3 Å². The number of nitrogens with two attached hydrogens (primary N) is 1. The summed E-state index contributed by atoms with van der Waals surface area (Å²) in [4.78, 5) is 14.0. The fourth-order valence-corrected chi connectivity index (χ4v) is 3.73. The van der Waals surface area contributed by atoms with E-state index in [1.807, 2.05) is 24.4 Å². The first-order valence-electron chi connectivity index (χ1n) is 7.42. The van der Waals surface area contributed by atoms with Crippen LogP contribution in [-0.4, -0.2) is 18.3 Å². The summed E-state index contributed by atoms with van der Waals surface area (Å²) in [5.74, 6) is -0.0291. The molecule has 6 nitrogen and oxygen atoms in total. The van der Waals surface area contributed by atoms with Gasteiger partial charge in [-0.15, -0.1) is 11.3 Å². The van der Waals surface area contributed by atoms with Crippen LogP contribution in [-0.2, 0) is 11.3 Å². The second kappa shape index (κ2) is 6.51. The van der Waals surface area contributed by atoms with Gasteiger partial charge in [0.1, 0.15) is 17.4 Å². The third-order valence-electron chi connectivity index (χ3n) is 4.04. The van der Waals surface area contributed by atoms with Gasteiger partial charge in [0.25, 0.3) is 5.56 Å². The molecule has 2 N–H and O–H groups in total. The normalized spacial score (nSPS) is 16.5. The Balaban J connectivity index is 2.25. The second-order valence-corrected chi connectivity index (χ2v) is 6.43. The van der Waals surface area contributed by atoms with E-state index < -0.39 is 5.92 Å². The summed E-state index contributed by atoms with van der Waals surface area (Å²) < 4.78 is 12.3. The standard InChI is InChI=1S/C17H17N3O3S/c1-10-8-12-15(17(21)20(10)5-6-22-2)14(13-4-3-7-24-13)11(9-18)16(19)23-12/h3-4,7-8,14H,5-6,19H2,1-2H3. The molecule has 0 aromatic carbocycles. The van der Waals surface area contributed by atoms with Crippen molar-refractivity contribution in [3.63, 3.8) is 0 Å². The van der Waals surface area contributed by atoms with Crippen LogP contribution >= 0.6 is 11.3 Å². The summed E-state index contributed by atoms with van der Waals surface area (Å²) in [6.07, 6.45) is 0. The van der Waals surface area contributed by atoms with Gasteiger partial charge in [-0.2, -0.15) is 5.26 Å². The molecule has 1 aliphatic heterocycles. The van der Waals surface area contributed by atoms with Crippen LogP contribution < -0.4 is 16.0 Å². The minimum absolute atomic E-state index is 0.0526. The first-order valence-corrected chi connectivity index (χ1v) is 8.30.